The number of hydrogen-bond acceptors (Lipinski definition) is 3. The maximum atomic E-state index is 11.8. The van der Waals surface area contributed by atoms with Gasteiger partial charge in [0.05, 0.1) is 0 Å². The first-order valence-electron chi connectivity index (χ1n) is 6.44. The fourth-order valence-electron chi connectivity index (χ4n) is 1.84. The van der Waals surface area contributed by atoms with Crippen LogP contribution in [0.4, 0.5) is 0 Å². The van der Waals surface area contributed by atoms with Crippen LogP contribution in [-0.2, 0) is 9.59 Å². The lowest BCUT2D eigenvalue weighted by atomic mass is 10.2. The summed E-state index contributed by atoms with van der Waals surface area (Å²) in [6, 6.07) is 0.385. The van der Waals surface area contributed by atoms with Crippen LogP contribution < -0.4 is 5.32 Å². The number of carbonyl (C=O) groups excluding carboxylic acids is 2. The molecule has 1 aliphatic rings. The zero-order valence-electron chi connectivity index (χ0n) is 11.5. The maximum absolute atomic E-state index is 11.8. The molecule has 0 atom stereocenters. The summed E-state index contributed by atoms with van der Waals surface area (Å²) in [7, 11) is 0. The van der Waals surface area contributed by atoms with Gasteiger partial charge >= 0.3 is 11.8 Å². The molecule has 0 aromatic heterocycles. The molecule has 0 aliphatic carbocycles. The van der Waals surface area contributed by atoms with Crippen molar-refractivity contribution < 1.29 is 9.59 Å². The number of nitrogens with zero attached hydrogens (tertiary/aromatic N) is 2. The number of nitrogens with one attached hydrogen (secondary N) is 1. The van der Waals surface area contributed by atoms with E-state index in [0.29, 0.717) is 38.8 Å². The van der Waals surface area contributed by atoms with Gasteiger partial charge in [0.15, 0.2) is 0 Å². The van der Waals surface area contributed by atoms with Crippen LogP contribution in [0.5, 0.6) is 0 Å². The van der Waals surface area contributed by atoms with Crippen LogP contribution in [0.15, 0.2) is 12.2 Å². The summed E-state index contributed by atoms with van der Waals surface area (Å²) in [6.07, 6.45) is 0. The van der Waals surface area contributed by atoms with Gasteiger partial charge in [0, 0.05) is 38.8 Å². The molecule has 1 heterocycles. The molecule has 0 spiro atoms. The molecule has 1 rings (SSSR count). The Morgan fingerprint density at radius 1 is 1.28 bits per heavy atom. The van der Waals surface area contributed by atoms with E-state index in [1.54, 1.807) is 9.80 Å². The first-order chi connectivity index (χ1) is 8.45. The summed E-state index contributed by atoms with van der Waals surface area (Å²) in [5.74, 6) is -0.804. The van der Waals surface area contributed by atoms with Crippen LogP contribution >= 0.6 is 0 Å². The largest absolute Gasteiger partial charge is 0.333 e. The summed E-state index contributed by atoms with van der Waals surface area (Å²) in [5, 5.41) is 3.25. The molecule has 0 unspecified atom stereocenters. The fourth-order valence-corrected chi connectivity index (χ4v) is 1.84. The predicted octanol–water partition coefficient (Wildman–Crippen LogP) is 0.231. The highest BCUT2D eigenvalue weighted by molar-refractivity contribution is 6.35. The summed E-state index contributed by atoms with van der Waals surface area (Å²) >= 11 is 0. The molecule has 1 N–H and O–H groups in total. The van der Waals surface area contributed by atoms with Crippen LogP contribution in [0.3, 0.4) is 0 Å². The Bertz CT molecular complexity index is 339. The summed E-state index contributed by atoms with van der Waals surface area (Å²) in [4.78, 5) is 26.7. The number of rotatable bonds is 6. The van der Waals surface area contributed by atoms with Gasteiger partial charge in [0.2, 0.25) is 0 Å². The van der Waals surface area contributed by atoms with Crippen LogP contribution in [0.25, 0.3) is 0 Å². The van der Waals surface area contributed by atoms with E-state index in [-0.39, 0.29) is 0 Å². The molecule has 0 radical (unpaired) electrons. The minimum Gasteiger partial charge on any atom is -0.333 e. The van der Waals surface area contributed by atoms with Gasteiger partial charge in [-0.3, -0.25) is 9.59 Å². The molecule has 0 aromatic rings. The number of carbonyl (C=O) groups is 2. The standard InChI is InChI=1S/C13H23N3O2/c1-5-15-6-7-16(13(18)12(15)17)9-11(4)8-14-10(2)3/h10,14H,4-9H2,1-3H3. The Morgan fingerprint density at radius 3 is 2.39 bits per heavy atom. The molecule has 0 aromatic carbocycles. The number of hydrogen-bond donors (Lipinski definition) is 1. The minimum atomic E-state index is -0.409. The predicted molar refractivity (Wildman–Crippen MR) is 71.1 cm³/mol. The molecule has 2 amide bonds. The van der Waals surface area contributed by atoms with Crippen molar-refractivity contribution >= 4 is 11.8 Å². The van der Waals surface area contributed by atoms with Gasteiger partial charge in [0.25, 0.3) is 0 Å². The van der Waals surface area contributed by atoms with Gasteiger partial charge in [-0.2, -0.15) is 0 Å². The lowest BCUT2D eigenvalue weighted by Crippen LogP contribution is -2.54. The monoisotopic (exact) mass is 253 g/mol. The SMILES string of the molecule is C=C(CNC(C)C)CN1CCN(CC)C(=O)C1=O. The van der Waals surface area contributed by atoms with E-state index < -0.39 is 11.8 Å². The molecule has 1 fully saturated rings. The van der Waals surface area contributed by atoms with Gasteiger partial charge in [-0.15, -0.1) is 0 Å². The van der Waals surface area contributed by atoms with Crippen LogP contribution in [0.1, 0.15) is 20.8 Å². The van der Waals surface area contributed by atoms with E-state index in [1.807, 2.05) is 6.92 Å². The van der Waals surface area contributed by atoms with Gasteiger partial charge in [-0.25, -0.2) is 0 Å². The summed E-state index contributed by atoms with van der Waals surface area (Å²) in [5.41, 5.74) is 0.926. The average Bonchev–Trinajstić information content (AvgIpc) is 2.33. The topological polar surface area (TPSA) is 52.6 Å². The van der Waals surface area contributed by atoms with Crippen molar-refractivity contribution in [3.8, 4) is 0 Å². The Kier molecular flexibility index (Phi) is 5.34. The third kappa shape index (κ3) is 3.84. The van der Waals surface area contributed by atoms with Crippen LogP contribution in [-0.4, -0.2) is 60.4 Å². The zero-order valence-corrected chi connectivity index (χ0v) is 11.5. The second kappa shape index (κ2) is 6.54. The molecule has 1 saturated heterocycles. The molecular weight excluding hydrogens is 230 g/mol. The molecular formula is C13H23N3O2. The van der Waals surface area contributed by atoms with Gasteiger partial charge in [0.1, 0.15) is 0 Å². The average molecular weight is 253 g/mol. The number of piperazine rings is 1. The third-order valence-corrected chi connectivity index (χ3v) is 2.95. The van der Waals surface area contributed by atoms with Crippen LogP contribution in [0, 0.1) is 0 Å². The van der Waals surface area contributed by atoms with E-state index in [9.17, 15) is 9.59 Å². The molecule has 102 valence electrons. The second-order valence-electron chi connectivity index (χ2n) is 4.90. The Labute approximate surface area is 109 Å². The quantitative estimate of drug-likeness (QED) is 0.544. The zero-order chi connectivity index (χ0) is 13.7. The summed E-state index contributed by atoms with van der Waals surface area (Å²) in [6.45, 7) is 12.9. The molecule has 1 aliphatic heterocycles. The highest BCUT2D eigenvalue weighted by Crippen LogP contribution is 2.07. The van der Waals surface area contributed by atoms with Gasteiger partial charge < -0.3 is 15.1 Å². The normalized spacial score (nSPS) is 16.7. The van der Waals surface area contributed by atoms with Gasteiger partial charge in [-0.1, -0.05) is 20.4 Å². The second-order valence-corrected chi connectivity index (χ2v) is 4.90. The van der Waals surface area contributed by atoms with Crippen molar-refractivity contribution in [2.45, 2.75) is 26.8 Å². The van der Waals surface area contributed by atoms with Crippen molar-refractivity contribution in [2.75, 3.05) is 32.7 Å². The highest BCUT2D eigenvalue weighted by atomic mass is 16.2. The first kappa shape index (κ1) is 14.7. The highest BCUT2D eigenvalue weighted by Gasteiger charge is 2.31. The van der Waals surface area contributed by atoms with E-state index in [2.05, 4.69) is 25.7 Å². The van der Waals surface area contributed by atoms with E-state index in [4.69, 9.17) is 0 Å². The first-order valence-corrected chi connectivity index (χ1v) is 6.44. The minimum absolute atomic E-state index is 0.385. The number of amides is 2. The Balaban J connectivity index is 2.46. The molecule has 5 nitrogen and oxygen atoms in total. The lowest BCUT2D eigenvalue weighted by molar-refractivity contribution is -0.155. The Morgan fingerprint density at radius 2 is 1.83 bits per heavy atom. The fraction of sp³-hybridized carbons (Fsp3) is 0.692. The van der Waals surface area contributed by atoms with Gasteiger partial charge in [-0.05, 0) is 12.5 Å². The lowest BCUT2D eigenvalue weighted by Gasteiger charge is -2.33. The molecule has 18 heavy (non-hydrogen) atoms. The van der Waals surface area contributed by atoms with Crippen LogP contribution in [0.2, 0.25) is 0 Å². The summed E-state index contributed by atoms with van der Waals surface area (Å²) < 4.78 is 0. The van der Waals surface area contributed by atoms with Crippen molar-refractivity contribution in [1.29, 1.82) is 0 Å². The van der Waals surface area contributed by atoms with E-state index in [0.717, 1.165) is 5.57 Å². The van der Waals surface area contributed by atoms with Crippen molar-refractivity contribution in [2.24, 2.45) is 0 Å². The van der Waals surface area contributed by atoms with Crippen molar-refractivity contribution in [1.82, 2.24) is 15.1 Å². The molecule has 0 bridgehead atoms. The van der Waals surface area contributed by atoms with Crippen molar-refractivity contribution in [3.05, 3.63) is 12.2 Å². The third-order valence-electron chi connectivity index (χ3n) is 2.95. The van der Waals surface area contributed by atoms with E-state index in [1.165, 1.54) is 0 Å². The molecule has 0 saturated carbocycles. The molecule has 5 heteroatoms. The van der Waals surface area contributed by atoms with E-state index >= 15 is 0 Å². The van der Waals surface area contributed by atoms with Crippen molar-refractivity contribution in [3.63, 3.8) is 0 Å². The maximum Gasteiger partial charge on any atom is 0.312 e. The number of likely N-dealkylation sites (N-methyl/N-ethyl adjacent to an activating group) is 1. The Hall–Kier alpha value is -1.36. The smallest absolute Gasteiger partial charge is 0.312 e.